The smallest absolute Gasteiger partial charge is 0.348 e. The Morgan fingerprint density at radius 3 is 2.33 bits per heavy atom. The fourth-order valence-electron chi connectivity index (χ4n) is 2.38. The highest BCUT2D eigenvalue weighted by molar-refractivity contribution is 7.11. The Labute approximate surface area is 159 Å². The van der Waals surface area contributed by atoms with E-state index < -0.39 is 17.4 Å². The number of aryl methyl sites for hydroxylation is 1. The van der Waals surface area contributed by atoms with E-state index in [4.69, 9.17) is 4.74 Å². The van der Waals surface area contributed by atoms with E-state index in [-0.39, 0.29) is 9.68 Å². The summed E-state index contributed by atoms with van der Waals surface area (Å²) in [5, 5.41) is 0. The number of para-hydroxylation sites is 1. The summed E-state index contributed by atoms with van der Waals surface area (Å²) in [6.45, 7) is 1.92. The number of benzene rings is 2. The number of amides is 1. The molecule has 6 nitrogen and oxygen atoms in total. The van der Waals surface area contributed by atoms with Crippen LogP contribution >= 0.6 is 11.3 Å². The van der Waals surface area contributed by atoms with Gasteiger partial charge >= 0.3 is 5.97 Å². The Morgan fingerprint density at radius 2 is 1.70 bits per heavy atom. The summed E-state index contributed by atoms with van der Waals surface area (Å²) in [7, 11) is 1.23. The Balaban J connectivity index is 2.23. The molecule has 0 aliphatic heterocycles. The molecule has 0 fully saturated rings. The largest absolute Gasteiger partial charge is 0.465 e. The van der Waals surface area contributed by atoms with E-state index in [0.717, 1.165) is 16.9 Å². The lowest BCUT2D eigenvalue weighted by Crippen LogP contribution is -2.32. The Bertz CT molecular complexity index is 1110. The molecular formula is C20H16N2O4S. The average molecular weight is 380 g/mol. The van der Waals surface area contributed by atoms with Crippen LogP contribution in [0, 0.1) is 6.92 Å². The van der Waals surface area contributed by atoms with E-state index in [2.05, 4.69) is 4.99 Å². The van der Waals surface area contributed by atoms with Crippen molar-refractivity contribution in [2.75, 3.05) is 7.11 Å². The van der Waals surface area contributed by atoms with Crippen molar-refractivity contribution in [2.24, 2.45) is 4.99 Å². The summed E-state index contributed by atoms with van der Waals surface area (Å²) >= 11 is 0.918. The number of carbonyl (C=O) groups is 2. The number of rotatable bonds is 3. The van der Waals surface area contributed by atoms with Gasteiger partial charge in [0, 0.05) is 11.6 Å². The summed E-state index contributed by atoms with van der Waals surface area (Å²) in [6, 6.07) is 16.9. The van der Waals surface area contributed by atoms with Crippen LogP contribution in [0.3, 0.4) is 0 Å². The van der Waals surface area contributed by atoms with E-state index in [9.17, 15) is 14.4 Å². The van der Waals surface area contributed by atoms with Gasteiger partial charge in [0.15, 0.2) is 0 Å². The van der Waals surface area contributed by atoms with Crippen LogP contribution in [-0.4, -0.2) is 23.6 Å². The minimum atomic E-state index is -0.656. The molecule has 0 atom stereocenters. The molecule has 3 rings (SSSR count). The fraction of sp³-hybridized carbons (Fsp3) is 0.100. The zero-order chi connectivity index (χ0) is 19.4. The van der Waals surface area contributed by atoms with Crippen LogP contribution in [0.5, 0.6) is 0 Å². The lowest BCUT2D eigenvalue weighted by atomic mass is 10.1. The molecule has 7 heteroatoms. The van der Waals surface area contributed by atoms with Crippen molar-refractivity contribution in [3.63, 3.8) is 0 Å². The second kappa shape index (κ2) is 7.92. The predicted octanol–water partition coefficient (Wildman–Crippen LogP) is 2.74. The molecular weight excluding hydrogens is 364 g/mol. The average Bonchev–Trinajstić information content (AvgIpc) is 2.68. The zero-order valence-corrected chi connectivity index (χ0v) is 15.5. The fourth-order valence-corrected chi connectivity index (χ4v) is 3.32. The minimum Gasteiger partial charge on any atom is -0.465 e. The van der Waals surface area contributed by atoms with Gasteiger partial charge in [0.2, 0.25) is 4.80 Å². The van der Waals surface area contributed by atoms with Crippen LogP contribution in [0.1, 0.15) is 25.6 Å². The van der Waals surface area contributed by atoms with E-state index in [1.54, 1.807) is 48.5 Å². The molecule has 1 aromatic heterocycles. The Kier molecular flexibility index (Phi) is 5.42. The molecule has 2 aromatic carbocycles. The van der Waals surface area contributed by atoms with Gasteiger partial charge in [-0.15, -0.1) is 0 Å². The minimum absolute atomic E-state index is 0.0742. The Hall–Kier alpha value is -3.32. The van der Waals surface area contributed by atoms with Gasteiger partial charge in [0.1, 0.15) is 4.88 Å². The van der Waals surface area contributed by atoms with Gasteiger partial charge in [-0.3, -0.25) is 14.2 Å². The van der Waals surface area contributed by atoms with Crippen molar-refractivity contribution in [3.05, 3.63) is 91.8 Å². The third-order valence-corrected chi connectivity index (χ3v) is 4.73. The normalized spacial score (nSPS) is 11.3. The first-order valence-corrected chi connectivity index (χ1v) is 8.88. The SMILES string of the molecule is COC(=O)c1cc(=O)n(-c2ccccc2)c(=NC(=O)c2ccc(C)cc2)s1. The molecule has 3 aromatic rings. The van der Waals surface area contributed by atoms with Crippen LogP contribution in [0.15, 0.2) is 70.5 Å². The molecule has 1 heterocycles. The van der Waals surface area contributed by atoms with Crippen molar-refractivity contribution in [1.29, 1.82) is 0 Å². The van der Waals surface area contributed by atoms with Crippen molar-refractivity contribution < 1.29 is 14.3 Å². The molecule has 0 saturated carbocycles. The molecule has 0 saturated heterocycles. The lowest BCUT2D eigenvalue weighted by Gasteiger charge is -2.07. The molecule has 0 unspecified atom stereocenters. The predicted molar refractivity (Wildman–Crippen MR) is 102 cm³/mol. The third kappa shape index (κ3) is 4.09. The summed E-state index contributed by atoms with van der Waals surface area (Å²) in [4.78, 5) is 41.4. The molecule has 136 valence electrons. The van der Waals surface area contributed by atoms with Gasteiger partial charge < -0.3 is 4.74 Å². The number of hydrogen-bond donors (Lipinski definition) is 0. The van der Waals surface area contributed by atoms with Crippen LogP contribution in [-0.2, 0) is 4.74 Å². The topological polar surface area (TPSA) is 77.7 Å². The Morgan fingerprint density at radius 1 is 1.04 bits per heavy atom. The number of nitrogens with zero attached hydrogens (tertiary/aromatic N) is 2. The van der Waals surface area contributed by atoms with Gasteiger partial charge in [-0.25, -0.2) is 4.79 Å². The maximum absolute atomic E-state index is 12.6. The first kappa shape index (κ1) is 18.5. The zero-order valence-electron chi connectivity index (χ0n) is 14.7. The first-order valence-electron chi connectivity index (χ1n) is 8.06. The quantitative estimate of drug-likeness (QED) is 0.655. The van der Waals surface area contributed by atoms with Crippen LogP contribution in [0.4, 0.5) is 0 Å². The number of ether oxygens (including phenoxy) is 1. The first-order chi connectivity index (χ1) is 13.0. The van der Waals surface area contributed by atoms with E-state index in [0.29, 0.717) is 11.3 Å². The van der Waals surface area contributed by atoms with E-state index >= 15 is 0 Å². The highest BCUT2D eigenvalue weighted by Gasteiger charge is 2.14. The maximum Gasteiger partial charge on any atom is 0.348 e. The monoisotopic (exact) mass is 380 g/mol. The summed E-state index contributed by atoms with van der Waals surface area (Å²) in [5.74, 6) is -1.16. The molecule has 0 spiro atoms. The van der Waals surface area contributed by atoms with Crippen molar-refractivity contribution in [2.45, 2.75) is 6.92 Å². The van der Waals surface area contributed by atoms with Crippen LogP contribution in [0.2, 0.25) is 0 Å². The number of esters is 1. The summed E-state index contributed by atoms with van der Waals surface area (Å²) in [5.41, 5.74) is 1.48. The molecule has 27 heavy (non-hydrogen) atoms. The van der Waals surface area contributed by atoms with Gasteiger partial charge in [0.25, 0.3) is 11.5 Å². The van der Waals surface area contributed by atoms with Gasteiger partial charge in [0.05, 0.1) is 12.8 Å². The molecule has 1 amide bonds. The van der Waals surface area contributed by atoms with Crippen LogP contribution in [0.25, 0.3) is 5.69 Å². The molecule has 0 aliphatic rings. The third-order valence-electron chi connectivity index (χ3n) is 3.76. The molecule has 0 N–H and O–H groups in total. The van der Waals surface area contributed by atoms with Crippen molar-refractivity contribution in [3.8, 4) is 5.69 Å². The standard InChI is InChI=1S/C20H16N2O4S/c1-13-8-10-14(11-9-13)18(24)21-20-22(15-6-4-3-5-7-15)17(23)12-16(27-20)19(25)26-2/h3-12H,1-2H3. The highest BCUT2D eigenvalue weighted by Crippen LogP contribution is 2.08. The summed E-state index contributed by atoms with van der Waals surface area (Å²) < 4.78 is 5.99. The number of methoxy groups -OCH3 is 1. The summed E-state index contributed by atoms with van der Waals surface area (Å²) in [6.07, 6.45) is 0. The number of aromatic nitrogens is 1. The number of hydrogen-bond acceptors (Lipinski definition) is 5. The molecule has 0 aliphatic carbocycles. The maximum atomic E-state index is 12.6. The number of carbonyl (C=O) groups excluding carboxylic acids is 2. The van der Waals surface area contributed by atoms with Gasteiger partial charge in [-0.05, 0) is 31.2 Å². The lowest BCUT2D eigenvalue weighted by molar-refractivity contribution is 0.0605. The van der Waals surface area contributed by atoms with E-state index in [1.165, 1.54) is 17.7 Å². The van der Waals surface area contributed by atoms with Gasteiger partial charge in [-0.1, -0.05) is 47.2 Å². The second-order valence-corrected chi connectivity index (χ2v) is 6.69. The van der Waals surface area contributed by atoms with E-state index in [1.807, 2.05) is 13.0 Å². The van der Waals surface area contributed by atoms with Gasteiger partial charge in [-0.2, -0.15) is 4.99 Å². The van der Waals surface area contributed by atoms with Crippen molar-refractivity contribution >= 4 is 23.2 Å². The van der Waals surface area contributed by atoms with Crippen molar-refractivity contribution in [1.82, 2.24) is 4.57 Å². The van der Waals surface area contributed by atoms with Crippen LogP contribution < -0.4 is 10.4 Å². The molecule has 0 bridgehead atoms. The molecule has 0 radical (unpaired) electrons. The highest BCUT2D eigenvalue weighted by atomic mass is 32.1. The second-order valence-electron chi connectivity index (χ2n) is 5.68.